The first kappa shape index (κ1) is 10.8. The normalized spacial score (nSPS) is 20.0. The lowest BCUT2D eigenvalue weighted by molar-refractivity contribution is 0.445. The number of aromatic hydroxyl groups is 1. The van der Waals surface area contributed by atoms with Crippen molar-refractivity contribution in [3.05, 3.63) is 28.3 Å². The molecule has 0 radical (unpaired) electrons. The second kappa shape index (κ2) is 3.39. The highest BCUT2D eigenvalue weighted by atomic mass is 35.5. The van der Waals surface area contributed by atoms with Gasteiger partial charge >= 0.3 is 0 Å². The Morgan fingerprint density at radius 1 is 1.47 bits per heavy atom. The van der Waals surface area contributed by atoms with Gasteiger partial charge in [0.2, 0.25) is 0 Å². The van der Waals surface area contributed by atoms with Crippen LogP contribution in [0.15, 0.2) is 12.1 Å². The van der Waals surface area contributed by atoms with Crippen LogP contribution in [0.25, 0.3) is 0 Å². The summed E-state index contributed by atoms with van der Waals surface area (Å²) in [4.78, 5) is 0. The van der Waals surface area contributed by atoms with Crippen LogP contribution in [0.2, 0.25) is 5.02 Å². The van der Waals surface area contributed by atoms with Gasteiger partial charge in [-0.3, -0.25) is 0 Å². The summed E-state index contributed by atoms with van der Waals surface area (Å²) in [6, 6.07) is 3.45. The van der Waals surface area contributed by atoms with E-state index >= 15 is 0 Å². The summed E-state index contributed by atoms with van der Waals surface area (Å²) < 4.78 is 0. The molecule has 0 aliphatic heterocycles. The maximum Gasteiger partial charge on any atom is 0.119 e. The lowest BCUT2D eigenvalue weighted by Crippen LogP contribution is -2.32. The molecule has 82 valence electrons. The van der Waals surface area contributed by atoms with Gasteiger partial charge in [0.1, 0.15) is 5.75 Å². The maximum absolute atomic E-state index is 9.93. The standard InChI is InChI=1S/C12H16ClNO/c1-7-9(13)3-4-10(15)11(7)12(5-6-12)8(2)14/h3-4,8,15H,5-6,14H2,1-2H3. The molecule has 0 bridgehead atoms. The fourth-order valence-electron chi connectivity index (χ4n) is 2.37. The van der Waals surface area contributed by atoms with E-state index in [0.29, 0.717) is 10.8 Å². The van der Waals surface area contributed by atoms with Gasteiger partial charge in [0.25, 0.3) is 0 Å². The number of benzene rings is 1. The van der Waals surface area contributed by atoms with Crippen LogP contribution in [0.4, 0.5) is 0 Å². The minimum atomic E-state index is -0.0426. The fraction of sp³-hybridized carbons (Fsp3) is 0.500. The quantitative estimate of drug-likeness (QED) is 0.813. The van der Waals surface area contributed by atoms with Crippen molar-refractivity contribution in [3.8, 4) is 5.75 Å². The summed E-state index contributed by atoms with van der Waals surface area (Å²) in [5.74, 6) is 0.326. The lowest BCUT2D eigenvalue weighted by Gasteiger charge is -2.23. The van der Waals surface area contributed by atoms with E-state index in [1.165, 1.54) is 0 Å². The molecule has 1 saturated carbocycles. The van der Waals surface area contributed by atoms with Crippen molar-refractivity contribution in [2.45, 2.75) is 38.1 Å². The van der Waals surface area contributed by atoms with Gasteiger partial charge in [-0.05, 0) is 44.4 Å². The van der Waals surface area contributed by atoms with E-state index < -0.39 is 0 Å². The number of nitrogens with two attached hydrogens (primary N) is 1. The second-order valence-corrected chi connectivity index (χ2v) is 4.92. The average Bonchev–Trinajstić information content (AvgIpc) is 2.93. The third kappa shape index (κ3) is 1.52. The summed E-state index contributed by atoms with van der Waals surface area (Å²) in [7, 11) is 0. The van der Waals surface area contributed by atoms with Crippen molar-refractivity contribution in [2.24, 2.45) is 5.73 Å². The molecular weight excluding hydrogens is 210 g/mol. The highest BCUT2D eigenvalue weighted by molar-refractivity contribution is 6.31. The number of hydrogen-bond acceptors (Lipinski definition) is 2. The molecule has 1 unspecified atom stereocenters. The van der Waals surface area contributed by atoms with Crippen molar-refractivity contribution >= 4 is 11.6 Å². The summed E-state index contributed by atoms with van der Waals surface area (Å²) in [6.07, 6.45) is 2.08. The Labute approximate surface area is 95.1 Å². The van der Waals surface area contributed by atoms with Gasteiger partial charge in [0, 0.05) is 22.0 Å². The Morgan fingerprint density at radius 3 is 2.53 bits per heavy atom. The molecule has 3 N–H and O–H groups in total. The predicted molar refractivity (Wildman–Crippen MR) is 62.4 cm³/mol. The molecule has 1 aromatic carbocycles. The first-order chi connectivity index (χ1) is 6.99. The second-order valence-electron chi connectivity index (χ2n) is 4.51. The minimum absolute atomic E-state index is 0.0426. The van der Waals surface area contributed by atoms with E-state index in [9.17, 15) is 5.11 Å². The van der Waals surface area contributed by atoms with E-state index in [0.717, 1.165) is 24.0 Å². The Bertz CT molecular complexity index is 397. The van der Waals surface area contributed by atoms with E-state index in [2.05, 4.69) is 0 Å². The third-order valence-electron chi connectivity index (χ3n) is 3.54. The van der Waals surface area contributed by atoms with E-state index in [4.69, 9.17) is 17.3 Å². The highest BCUT2D eigenvalue weighted by Gasteiger charge is 2.49. The maximum atomic E-state index is 9.93. The van der Waals surface area contributed by atoms with Crippen LogP contribution in [-0.4, -0.2) is 11.1 Å². The summed E-state index contributed by atoms with van der Waals surface area (Å²) in [5.41, 5.74) is 7.87. The summed E-state index contributed by atoms with van der Waals surface area (Å²) >= 11 is 6.07. The van der Waals surface area contributed by atoms with Crippen LogP contribution in [-0.2, 0) is 5.41 Å². The van der Waals surface area contributed by atoms with Crippen LogP contribution >= 0.6 is 11.6 Å². The van der Waals surface area contributed by atoms with Crippen molar-refractivity contribution in [3.63, 3.8) is 0 Å². The van der Waals surface area contributed by atoms with Crippen LogP contribution in [0.5, 0.6) is 5.75 Å². The first-order valence-electron chi connectivity index (χ1n) is 5.23. The molecule has 3 heteroatoms. The van der Waals surface area contributed by atoms with Gasteiger partial charge in [0.05, 0.1) is 0 Å². The zero-order chi connectivity index (χ0) is 11.2. The van der Waals surface area contributed by atoms with Crippen molar-refractivity contribution in [1.82, 2.24) is 0 Å². The molecule has 15 heavy (non-hydrogen) atoms. The van der Waals surface area contributed by atoms with Crippen LogP contribution < -0.4 is 5.73 Å². The van der Waals surface area contributed by atoms with Gasteiger partial charge in [-0.2, -0.15) is 0 Å². The number of halogens is 1. The van der Waals surface area contributed by atoms with E-state index in [1.807, 2.05) is 13.8 Å². The first-order valence-corrected chi connectivity index (χ1v) is 5.61. The molecule has 2 rings (SSSR count). The molecule has 2 nitrogen and oxygen atoms in total. The van der Waals surface area contributed by atoms with Gasteiger partial charge in [-0.25, -0.2) is 0 Å². The number of hydrogen-bond donors (Lipinski definition) is 2. The number of phenols is 1. The Kier molecular flexibility index (Phi) is 2.44. The molecule has 0 aromatic heterocycles. The summed E-state index contributed by atoms with van der Waals surface area (Å²) in [6.45, 7) is 3.94. The number of phenolic OH excluding ortho intramolecular Hbond substituents is 1. The molecule has 0 spiro atoms. The lowest BCUT2D eigenvalue weighted by atomic mass is 9.86. The molecule has 0 heterocycles. The fourth-order valence-corrected chi connectivity index (χ4v) is 2.53. The Balaban J connectivity index is 2.57. The van der Waals surface area contributed by atoms with Crippen LogP contribution in [0.1, 0.15) is 30.9 Å². The van der Waals surface area contributed by atoms with Crippen molar-refractivity contribution in [1.29, 1.82) is 0 Å². The Hall–Kier alpha value is -0.730. The van der Waals surface area contributed by atoms with Crippen molar-refractivity contribution in [2.75, 3.05) is 0 Å². The molecule has 1 fully saturated rings. The monoisotopic (exact) mass is 225 g/mol. The Morgan fingerprint density at radius 2 is 2.07 bits per heavy atom. The molecule has 1 aromatic rings. The largest absolute Gasteiger partial charge is 0.508 e. The SMILES string of the molecule is Cc1c(Cl)ccc(O)c1C1(C(C)N)CC1. The molecule has 0 saturated heterocycles. The van der Waals surface area contributed by atoms with Gasteiger partial charge in [0.15, 0.2) is 0 Å². The van der Waals surface area contributed by atoms with Crippen molar-refractivity contribution < 1.29 is 5.11 Å². The topological polar surface area (TPSA) is 46.2 Å². The number of rotatable bonds is 2. The summed E-state index contributed by atoms with van der Waals surface area (Å²) in [5, 5.41) is 10.6. The molecular formula is C12H16ClNO. The minimum Gasteiger partial charge on any atom is -0.508 e. The zero-order valence-corrected chi connectivity index (χ0v) is 9.80. The molecule has 0 amide bonds. The van der Waals surface area contributed by atoms with Gasteiger partial charge in [-0.15, -0.1) is 0 Å². The zero-order valence-electron chi connectivity index (χ0n) is 9.05. The van der Waals surface area contributed by atoms with E-state index in [1.54, 1.807) is 12.1 Å². The molecule has 1 atom stereocenters. The predicted octanol–water partition coefficient (Wildman–Crippen LogP) is 2.73. The van der Waals surface area contributed by atoms with Crippen LogP contribution in [0.3, 0.4) is 0 Å². The average molecular weight is 226 g/mol. The van der Waals surface area contributed by atoms with Gasteiger partial charge < -0.3 is 10.8 Å². The third-order valence-corrected chi connectivity index (χ3v) is 3.94. The van der Waals surface area contributed by atoms with Gasteiger partial charge in [-0.1, -0.05) is 11.6 Å². The van der Waals surface area contributed by atoms with E-state index in [-0.39, 0.29) is 11.5 Å². The molecule has 1 aliphatic rings. The highest BCUT2D eigenvalue weighted by Crippen LogP contribution is 2.54. The molecule has 1 aliphatic carbocycles. The van der Waals surface area contributed by atoms with Crippen LogP contribution in [0, 0.1) is 6.92 Å². The smallest absolute Gasteiger partial charge is 0.119 e.